The van der Waals surface area contributed by atoms with Gasteiger partial charge in [-0.3, -0.25) is 4.79 Å². The van der Waals surface area contributed by atoms with Gasteiger partial charge in [0.25, 0.3) is 9.70 Å². The molecule has 13 heteroatoms. The first-order valence-corrected chi connectivity index (χ1v) is 15.3. The van der Waals surface area contributed by atoms with E-state index in [1.807, 2.05) is 78.9 Å². The van der Waals surface area contributed by atoms with Gasteiger partial charge < -0.3 is 19.9 Å². The molecule has 1 aromatic heterocycles. The molecular formula is C29H28Cl3N5O4S. The molecule has 5 rings (SSSR count). The van der Waals surface area contributed by atoms with Gasteiger partial charge in [-0.05, 0) is 39.2 Å². The number of nitrogens with zero attached hydrogens (tertiary/aromatic N) is 4. The van der Waals surface area contributed by atoms with E-state index in [0.29, 0.717) is 10.9 Å². The summed E-state index contributed by atoms with van der Waals surface area (Å²) < 4.78 is 12.7. The third-order valence-corrected chi connectivity index (χ3v) is 8.43. The maximum atomic E-state index is 11.9. The zero-order valence-electron chi connectivity index (χ0n) is 22.4. The Hall–Kier alpha value is -2.70. The average molecular weight is 649 g/mol. The number of halogens is 3. The molecule has 42 heavy (non-hydrogen) atoms. The fourth-order valence-corrected chi connectivity index (χ4v) is 5.80. The number of rotatable bonds is 9. The number of thioether (sulfide) groups is 1. The molecule has 0 aliphatic carbocycles. The SMILES string of the molecule is C[C@H]1[C@@H](CSc2nnnn2-c2ccccc2)O[C@@H](c2ccc(CNC(=O)C(Cl)(Cl)Cl)cc2)O[C@H]1c1ccc(CO)cc1. The number of aromatic nitrogens is 4. The monoisotopic (exact) mass is 647 g/mol. The van der Waals surface area contributed by atoms with Gasteiger partial charge in [0.15, 0.2) is 6.29 Å². The molecule has 2 heterocycles. The van der Waals surface area contributed by atoms with Gasteiger partial charge in [0, 0.05) is 23.8 Å². The maximum Gasteiger partial charge on any atom is 0.272 e. The van der Waals surface area contributed by atoms with Crippen molar-refractivity contribution in [2.75, 3.05) is 5.75 Å². The highest BCUT2D eigenvalue weighted by Gasteiger charge is 2.38. The Morgan fingerprint density at radius 2 is 1.64 bits per heavy atom. The van der Waals surface area contributed by atoms with Gasteiger partial charge in [-0.2, -0.15) is 4.68 Å². The third kappa shape index (κ3) is 7.44. The Balaban J connectivity index is 1.34. The number of tetrazole rings is 1. The molecule has 1 fully saturated rings. The van der Waals surface area contributed by atoms with Gasteiger partial charge in [-0.15, -0.1) is 5.10 Å². The summed E-state index contributed by atoms with van der Waals surface area (Å²) in [6.45, 7) is 2.27. The minimum absolute atomic E-state index is 0.00815. The topological polar surface area (TPSA) is 111 Å². The van der Waals surface area contributed by atoms with E-state index in [4.69, 9.17) is 44.3 Å². The van der Waals surface area contributed by atoms with Crippen molar-refractivity contribution in [2.24, 2.45) is 5.92 Å². The van der Waals surface area contributed by atoms with E-state index in [1.54, 1.807) is 4.68 Å². The van der Waals surface area contributed by atoms with Crippen molar-refractivity contribution in [1.82, 2.24) is 25.5 Å². The van der Waals surface area contributed by atoms with Crippen molar-refractivity contribution in [3.05, 3.63) is 101 Å². The lowest BCUT2D eigenvalue weighted by molar-refractivity contribution is -0.268. The molecule has 0 unspecified atom stereocenters. The predicted molar refractivity (Wildman–Crippen MR) is 161 cm³/mol. The second-order valence-electron chi connectivity index (χ2n) is 9.76. The van der Waals surface area contributed by atoms with Crippen LogP contribution in [0.1, 0.15) is 41.6 Å². The minimum Gasteiger partial charge on any atom is -0.392 e. The van der Waals surface area contributed by atoms with Gasteiger partial charge in [-0.25, -0.2) is 0 Å². The number of hydrogen-bond donors (Lipinski definition) is 2. The van der Waals surface area contributed by atoms with E-state index >= 15 is 0 Å². The minimum atomic E-state index is -2.03. The normalized spacial score (nSPS) is 20.8. The van der Waals surface area contributed by atoms with Crippen molar-refractivity contribution in [1.29, 1.82) is 0 Å². The van der Waals surface area contributed by atoms with Crippen LogP contribution in [0.25, 0.3) is 5.69 Å². The summed E-state index contributed by atoms with van der Waals surface area (Å²) >= 11 is 18.4. The molecule has 3 aromatic carbocycles. The van der Waals surface area contributed by atoms with E-state index in [9.17, 15) is 9.90 Å². The van der Waals surface area contributed by atoms with Crippen LogP contribution in [0, 0.1) is 5.92 Å². The molecule has 0 saturated carbocycles. The maximum absolute atomic E-state index is 11.9. The summed E-state index contributed by atoms with van der Waals surface area (Å²) in [5.74, 6) is -0.120. The van der Waals surface area contributed by atoms with Crippen LogP contribution in [-0.4, -0.2) is 46.9 Å². The molecule has 0 radical (unpaired) electrons. The average Bonchev–Trinajstić information content (AvgIpc) is 3.48. The molecule has 0 bridgehead atoms. The Kier molecular flexibility index (Phi) is 10.1. The van der Waals surface area contributed by atoms with E-state index < -0.39 is 16.0 Å². The van der Waals surface area contributed by atoms with E-state index in [1.165, 1.54) is 11.8 Å². The van der Waals surface area contributed by atoms with Crippen LogP contribution in [0.3, 0.4) is 0 Å². The summed E-state index contributed by atoms with van der Waals surface area (Å²) in [7, 11) is 0. The van der Waals surface area contributed by atoms with Gasteiger partial charge in [0.1, 0.15) is 0 Å². The smallest absolute Gasteiger partial charge is 0.272 e. The highest BCUT2D eigenvalue weighted by molar-refractivity contribution is 7.99. The third-order valence-electron chi connectivity index (χ3n) is 6.90. The summed E-state index contributed by atoms with van der Waals surface area (Å²) in [5.41, 5.74) is 4.33. The highest BCUT2D eigenvalue weighted by atomic mass is 35.6. The van der Waals surface area contributed by atoms with Crippen LogP contribution in [0.5, 0.6) is 0 Å². The lowest BCUT2D eigenvalue weighted by Gasteiger charge is -2.41. The number of nitrogens with one attached hydrogen (secondary N) is 1. The molecule has 1 aliphatic rings. The fraction of sp³-hybridized carbons (Fsp3) is 0.310. The largest absolute Gasteiger partial charge is 0.392 e. The molecule has 1 saturated heterocycles. The van der Waals surface area contributed by atoms with E-state index in [2.05, 4.69) is 27.8 Å². The second-order valence-corrected chi connectivity index (χ2v) is 13.0. The number of aliphatic hydroxyl groups is 1. The predicted octanol–water partition coefficient (Wildman–Crippen LogP) is 5.72. The number of carbonyl (C=O) groups is 1. The highest BCUT2D eigenvalue weighted by Crippen LogP contribution is 2.43. The van der Waals surface area contributed by atoms with Crippen LogP contribution < -0.4 is 5.32 Å². The quantitative estimate of drug-likeness (QED) is 0.175. The van der Waals surface area contributed by atoms with Crippen LogP contribution in [0.2, 0.25) is 0 Å². The van der Waals surface area contributed by atoms with Crippen molar-refractivity contribution in [3.8, 4) is 5.69 Å². The fourth-order valence-electron chi connectivity index (χ4n) is 4.54. The first-order chi connectivity index (χ1) is 20.2. The molecule has 1 amide bonds. The summed E-state index contributed by atoms with van der Waals surface area (Å²) in [4.78, 5) is 11.9. The summed E-state index contributed by atoms with van der Waals surface area (Å²) in [6, 6.07) is 25.0. The van der Waals surface area contributed by atoms with E-state index in [0.717, 1.165) is 27.9 Å². The van der Waals surface area contributed by atoms with Crippen molar-refractivity contribution in [3.63, 3.8) is 0 Å². The zero-order valence-corrected chi connectivity index (χ0v) is 25.5. The van der Waals surface area contributed by atoms with Crippen molar-refractivity contribution < 1.29 is 19.4 Å². The molecule has 9 nitrogen and oxygen atoms in total. The number of ether oxygens (including phenoxy) is 2. The van der Waals surface area contributed by atoms with Crippen LogP contribution in [0.4, 0.5) is 0 Å². The second kappa shape index (κ2) is 13.7. The molecular weight excluding hydrogens is 621 g/mol. The lowest BCUT2D eigenvalue weighted by Crippen LogP contribution is -2.38. The Bertz CT molecular complexity index is 1470. The number of benzene rings is 3. The molecule has 220 valence electrons. The number of alkyl halides is 3. The zero-order chi connectivity index (χ0) is 29.7. The van der Waals surface area contributed by atoms with Gasteiger partial charge in [0.05, 0.1) is 24.5 Å². The van der Waals surface area contributed by atoms with Crippen molar-refractivity contribution in [2.45, 2.75) is 47.5 Å². The molecule has 0 spiro atoms. The van der Waals surface area contributed by atoms with Gasteiger partial charge >= 0.3 is 0 Å². The number of aliphatic hydroxyl groups excluding tert-OH is 1. The molecule has 4 atom stereocenters. The first kappa shape index (κ1) is 30.7. The van der Waals surface area contributed by atoms with E-state index in [-0.39, 0.29) is 31.3 Å². The molecule has 4 aromatic rings. The van der Waals surface area contributed by atoms with Gasteiger partial charge in [0.2, 0.25) is 5.16 Å². The Labute approximate surface area is 262 Å². The lowest BCUT2D eigenvalue weighted by atomic mass is 9.91. The standard InChI is InChI=1S/C29H28Cl3N5O4S/c1-18-24(17-42-28-34-35-36-37(28)23-5-3-2-4-6-23)40-26(41-25(18)21-11-9-20(16-38)10-12-21)22-13-7-19(8-14-22)15-33-27(39)29(30,31)32/h2-14,18,24-26,38H,15-17H2,1H3,(H,33,39)/t18-,24+,25+,26+/m0/s1. The summed E-state index contributed by atoms with van der Waals surface area (Å²) in [5, 5.41) is 25.0. The van der Waals surface area contributed by atoms with Gasteiger partial charge in [-0.1, -0.05) is 120 Å². The first-order valence-electron chi connectivity index (χ1n) is 13.1. The molecule has 1 aliphatic heterocycles. The molecule has 2 N–H and O–H groups in total. The van der Waals surface area contributed by atoms with Crippen molar-refractivity contribution >= 4 is 52.5 Å². The number of amides is 1. The summed E-state index contributed by atoms with van der Waals surface area (Å²) in [6.07, 6.45) is -1.12. The Morgan fingerprint density at radius 1 is 0.976 bits per heavy atom. The number of para-hydroxylation sites is 1. The Morgan fingerprint density at radius 3 is 2.31 bits per heavy atom. The number of carbonyl (C=O) groups excluding carboxylic acids is 1. The number of hydrogen-bond acceptors (Lipinski definition) is 8. The van der Waals surface area contributed by atoms with Crippen LogP contribution in [0.15, 0.2) is 84.0 Å². The van der Waals surface area contributed by atoms with Crippen LogP contribution in [-0.2, 0) is 27.4 Å². The van der Waals surface area contributed by atoms with Crippen LogP contribution >= 0.6 is 46.6 Å².